The van der Waals surface area contributed by atoms with E-state index in [2.05, 4.69) is 44.8 Å². The van der Waals surface area contributed by atoms with Crippen molar-refractivity contribution in [2.24, 2.45) is 0 Å². The third kappa shape index (κ3) is 4.48. The molecule has 2 N–H and O–H groups in total. The van der Waals surface area contributed by atoms with Crippen LogP contribution in [0.2, 0.25) is 0 Å². The number of hydrogen-bond acceptors (Lipinski definition) is 6. The number of fused-ring (bicyclic) bond motifs is 1. The molecule has 0 aliphatic heterocycles. The standard InChI is InChI=1S/C26H25N7/c1-32(2)22-15-9-12-20(16-22)29-26-30-24(27-17-19-10-5-3-6-11-19)23-25(31-26)33(18-28-23)21-13-7-4-8-14-21/h3-16,18H,17H2,1-2H3,(H2,27,29,30,31). The van der Waals surface area contributed by atoms with Gasteiger partial charge in [0.2, 0.25) is 5.95 Å². The Morgan fingerprint density at radius 3 is 2.36 bits per heavy atom. The summed E-state index contributed by atoms with van der Waals surface area (Å²) >= 11 is 0. The predicted octanol–water partition coefficient (Wildman–Crippen LogP) is 5.24. The van der Waals surface area contributed by atoms with E-state index in [0.717, 1.165) is 28.2 Å². The molecule has 2 heterocycles. The van der Waals surface area contributed by atoms with Crippen LogP contribution in [0.15, 0.2) is 91.3 Å². The number of aromatic nitrogens is 4. The summed E-state index contributed by atoms with van der Waals surface area (Å²) in [5, 5.41) is 6.82. The van der Waals surface area contributed by atoms with E-state index in [9.17, 15) is 0 Å². The molecule has 3 aromatic carbocycles. The van der Waals surface area contributed by atoms with Gasteiger partial charge in [-0.2, -0.15) is 9.97 Å². The maximum absolute atomic E-state index is 4.82. The molecule has 164 valence electrons. The molecule has 5 aromatic rings. The number of nitrogens with one attached hydrogen (secondary N) is 2. The lowest BCUT2D eigenvalue weighted by molar-refractivity contribution is 1.06. The van der Waals surface area contributed by atoms with Gasteiger partial charge in [-0.15, -0.1) is 0 Å². The van der Waals surface area contributed by atoms with Crippen LogP contribution in [0, 0.1) is 0 Å². The first-order valence-electron chi connectivity index (χ1n) is 10.8. The Kier molecular flexibility index (Phi) is 5.59. The number of rotatable bonds is 7. The van der Waals surface area contributed by atoms with Crippen LogP contribution in [-0.2, 0) is 6.54 Å². The highest BCUT2D eigenvalue weighted by atomic mass is 15.2. The summed E-state index contributed by atoms with van der Waals surface area (Å²) in [5.41, 5.74) is 5.63. The highest BCUT2D eigenvalue weighted by Gasteiger charge is 2.15. The van der Waals surface area contributed by atoms with Crippen LogP contribution in [0.4, 0.5) is 23.1 Å². The summed E-state index contributed by atoms with van der Waals surface area (Å²) in [5.74, 6) is 1.19. The molecule has 0 unspecified atom stereocenters. The van der Waals surface area contributed by atoms with Crippen LogP contribution in [-0.4, -0.2) is 33.6 Å². The molecule has 0 bridgehead atoms. The fourth-order valence-electron chi connectivity index (χ4n) is 3.63. The van der Waals surface area contributed by atoms with Crippen LogP contribution in [0.1, 0.15) is 5.56 Å². The first-order valence-corrected chi connectivity index (χ1v) is 10.8. The van der Waals surface area contributed by atoms with E-state index in [-0.39, 0.29) is 0 Å². The quantitative estimate of drug-likeness (QED) is 0.364. The van der Waals surface area contributed by atoms with Crippen molar-refractivity contribution in [1.29, 1.82) is 0 Å². The van der Waals surface area contributed by atoms with Crippen molar-refractivity contribution in [3.63, 3.8) is 0 Å². The van der Waals surface area contributed by atoms with E-state index in [1.54, 1.807) is 6.33 Å². The fourth-order valence-corrected chi connectivity index (χ4v) is 3.63. The number of benzene rings is 3. The van der Waals surface area contributed by atoms with Crippen LogP contribution >= 0.6 is 0 Å². The molecule has 0 saturated carbocycles. The van der Waals surface area contributed by atoms with E-state index in [1.807, 2.05) is 79.3 Å². The molecule has 0 amide bonds. The van der Waals surface area contributed by atoms with Crippen molar-refractivity contribution < 1.29 is 0 Å². The van der Waals surface area contributed by atoms with Gasteiger partial charge in [0.15, 0.2) is 17.0 Å². The summed E-state index contributed by atoms with van der Waals surface area (Å²) < 4.78 is 1.98. The van der Waals surface area contributed by atoms with Crippen molar-refractivity contribution in [2.75, 3.05) is 29.6 Å². The maximum atomic E-state index is 4.82. The summed E-state index contributed by atoms with van der Waals surface area (Å²) in [6.45, 7) is 0.640. The van der Waals surface area contributed by atoms with Gasteiger partial charge < -0.3 is 15.5 Å². The minimum atomic E-state index is 0.506. The SMILES string of the molecule is CN(C)c1cccc(Nc2nc(NCc3ccccc3)c3ncn(-c4ccccc4)c3n2)c1. The van der Waals surface area contributed by atoms with Crippen molar-refractivity contribution >= 4 is 34.3 Å². The molecule has 0 saturated heterocycles. The number of anilines is 4. The largest absolute Gasteiger partial charge is 0.378 e. The van der Waals surface area contributed by atoms with Crippen molar-refractivity contribution in [3.8, 4) is 5.69 Å². The van der Waals surface area contributed by atoms with Crippen LogP contribution < -0.4 is 15.5 Å². The summed E-state index contributed by atoms with van der Waals surface area (Å²) in [6.07, 6.45) is 1.79. The van der Waals surface area contributed by atoms with Gasteiger partial charge >= 0.3 is 0 Å². The molecule has 2 aromatic heterocycles. The minimum Gasteiger partial charge on any atom is -0.378 e. The van der Waals surface area contributed by atoms with Crippen LogP contribution in [0.25, 0.3) is 16.9 Å². The zero-order valence-electron chi connectivity index (χ0n) is 18.6. The lowest BCUT2D eigenvalue weighted by Crippen LogP contribution is -2.09. The molecule has 7 heteroatoms. The lowest BCUT2D eigenvalue weighted by atomic mass is 10.2. The Labute approximate surface area is 192 Å². The van der Waals surface area contributed by atoms with E-state index in [1.165, 1.54) is 5.56 Å². The molecule has 5 rings (SSSR count). The zero-order valence-corrected chi connectivity index (χ0v) is 18.6. The van der Waals surface area contributed by atoms with Gasteiger partial charge in [0.1, 0.15) is 6.33 Å². The number of imidazole rings is 1. The molecular formula is C26H25N7. The highest BCUT2D eigenvalue weighted by Crippen LogP contribution is 2.26. The first kappa shape index (κ1) is 20.5. The van der Waals surface area contributed by atoms with Gasteiger partial charge in [-0.1, -0.05) is 54.6 Å². The normalized spacial score (nSPS) is 10.8. The van der Waals surface area contributed by atoms with Crippen molar-refractivity contribution in [1.82, 2.24) is 19.5 Å². The van der Waals surface area contributed by atoms with Gasteiger partial charge in [0, 0.05) is 37.7 Å². The Morgan fingerprint density at radius 2 is 1.61 bits per heavy atom. The first-order chi connectivity index (χ1) is 16.2. The third-order valence-corrected chi connectivity index (χ3v) is 5.35. The molecule has 0 fully saturated rings. The fraction of sp³-hybridized carbons (Fsp3) is 0.115. The molecule has 0 aliphatic rings. The average Bonchev–Trinajstić information content (AvgIpc) is 3.28. The Bertz CT molecular complexity index is 1360. The number of para-hydroxylation sites is 1. The topological polar surface area (TPSA) is 70.9 Å². The molecule has 0 aliphatic carbocycles. The number of nitrogens with zero attached hydrogens (tertiary/aromatic N) is 5. The Balaban J connectivity index is 1.55. The maximum Gasteiger partial charge on any atom is 0.231 e. The Morgan fingerprint density at radius 1 is 0.848 bits per heavy atom. The van der Waals surface area contributed by atoms with Gasteiger partial charge in [0.05, 0.1) is 0 Å². The molecule has 7 nitrogen and oxygen atoms in total. The molecule has 33 heavy (non-hydrogen) atoms. The summed E-state index contributed by atoms with van der Waals surface area (Å²) in [7, 11) is 4.04. The second-order valence-electron chi connectivity index (χ2n) is 7.93. The van der Waals surface area contributed by atoms with Crippen molar-refractivity contribution in [2.45, 2.75) is 6.54 Å². The monoisotopic (exact) mass is 435 g/mol. The second-order valence-corrected chi connectivity index (χ2v) is 7.93. The van der Waals surface area contributed by atoms with Crippen LogP contribution in [0.5, 0.6) is 0 Å². The smallest absolute Gasteiger partial charge is 0.231 e. The third-order valence-electron chi connectivity index (χ3n) is 5.35. The van der Waals surface area contributed by atoms with Crippen molar-refractivity contribution in [3.05, 3.63) is 96.8 Å². The van der Waals surface area contributed by atoms with Gasteiger partial charge in [-0.25, -0.2) is 4.98 Å². The van der Waals surface area contributed by atoms with E-state index >= 15 is 0 Å². The number of hydrogen-bond donors (Lipinski definition) is 2. The second kappa shape index (κ2) is 9.00. The van der Waals surface area contributed by atoms with Gasteiger partial charge in [-0.3, -0.25) is 4.57 Å². The van der Waals surface area contributed by atoms with Gasteiger partial charge in [0.25, 0.3) is 0 Å². The summed E-state index contributed by atoms with van der Waals surface area (Å²) in [6, 6.07) is 28.5. The van der Waals surface area contributed by atoms with Gasteiger partial charge in [-0.05, 0) is 35.9 Å². The zero-order chi connectivity index (χ0) is 22.6. The van der Waals surface area contributed by atoms with E-state index in [0.29, 0.717) is 18.3 Å². The lowest BCUT2D eigenvalue weighted by Gasteiger charge is -2.15. The molecule has 0 spiro atoms. The molecule has 0 radical (unpaired) electrons. The molecular weight excluding hydrogens is 410 g/mol. The molecule has 0 atom stereocenters. The van der Waals surface area contributed by atoms with E-state index < -0.39 is 0 Å². The van der Waals surface area contributed by atoms with Crippen LogP contribution in [0.3, 0.4) is 0 Å². The minimum absolute atomic E-state index is 0.506. The predicted molar refractivity (Wildman–Crippen MR) is 134 cm³/mol. The Hall–Kier alpha value is -4.39. The average molecular weight is 436 g/mol. The highest BCUT2D eigenvalue weighted by molar-refractivity contribution is 5.86. The summed E-state index contributed by atoms with van der Waals surface area (Å²) in [4.78, 5) is 16.3. The van der Waals surface area contributed by atoms with E-state index in [4.69, 9.17) is 9.97 Å².